The van der Waals surface area contributed by atoms with Gasteiger partial charge in [-0.25, -0.2) is 4.98 Å². The average Bonchev–Trinajstić information content (AvgIpc) is 3.41. The Morgan fingerprint density at radius 2 is 1.97 bits per heavy atom. The summed E-state index contributed by atoms with van der Waals surface area (Å²) in [4.78, 5) is 32.9. The predicted octanol–water partition coefficient (Wildman–Crippen LogP) is 4.75. The first-order valence-electron chi connectivity index (χ1n) is 10.1. The maximum Gasteiger partial charge on any atom is 0.276 e. The number of nitrogens with zero attached hydrogens (tertiary/aromatic N) is 3. The fraction of sp³-hybridized carbons (Fsp3) is 0.208. The topological polar surface area (TPSA) is 55.2 Å². The van der Waals surface area contributed by atoms with Crippen molar-refractivity contribution in [2.75, 3.05) is 17.2 Å². The summed E-state index contributed by atoms with van der Waals surface area (Å²) in [7, 11) is 0. The van der Waals surface area contributed by atoms with Gasteiger partial charge in [0.05, 0.1) is 17.0 Å². The van der Waals surface area contributed by atoms with E-state index in [1.165, 1.54) is 34.2 Å². The lowest BCUT2D eigenvalue weighted by Crippen LogP contribution is -2.31. The largest absolute Gasteiger partial charge is 0.311 e. The molecule has 3 heterocycles. The van der Waals surface area contributed by atoms with E-state index in [-0.39, 0.29) is 17.2 Å². The van der Waals surface area contributed by atoms with E-state index < -0.39 is 0 Å². The number of aromatic nitrogens is 2. The third kappa shape index (κ3) is 3.58. The number of hydrogen-bond donors (Lipinski definition) is 0. The summed E-state index contributed by atoms with van der Waals surface area (Å²) in [5.41, 5.74) is 5.82. The molecule has 1 amide bonds. The van der Waals surface area contributed by atoms with Gasteiger partial charge in [0.15, 0.2) is 5.16 Å². The molecule has 0 atom stereocenters. The van der Waals surface area contributed by atoms with Crippen molar-refractivity contribution in [3.05, 3.63) is 81.0 Å². The molecule has 0 radical (unpaired) electrons. The number of thiophene rings is 1. The van der Waals surface area contributed by atoms with Crippen LogP contribution in [0.1, 0.15) is 16.7 Å². The van der Waals surface area contributed by atoms with Crippen LogP contribution in [-0.4, -0.2) is 27.8 Å². The van der Waals surface area contributed by atoms with E-state index in [1.807, 2.05) is 66.6 Å². The minimum Gasteiger partial charge on any atom is -0.311 e. The number of carbonyl (C=O) groups excluding carboxylic acids is 1. The molecular formula is C24H21N3O2S2. The highest BCUT2D eigenvalue weighted by molar-refractivity contribution is 7.99. The number of amides is 1. The third-order valence-corrected chi connectivity index (χ3v) is 7.53. The summed E-state index contributed by atoms with van der Waals surface area (Å²) >= 11 is 2.71. The Hall–Kier alpha value is -2.90. The number of carbonyl (C=O) groups is 1. The fourth-order valence-electron chi connectivity index (χ4n) is 3.88. The SMILES string of the molecule is Cc1ccc(-n2c(SCC(=O)N3CCc4ccccc43)nc3ccsc3c2=O)cc1C. The van der Waals surface area contributed by atoms with E-state index in [0.29, 0.717) is 21.9 Å². The molecule has 0 bridgehead atoms. The van der Waals surface area contributed by atoms with Gasteiger partial charge in [-0.05, 0) is 66.6 Å². The average molecular weight is 448 g/mol. The molecule has 1 aliphatic rings. The van der Waals surface area contributed by atoms with Crippen molar-refractivity contribution in [1.29, 1.82) is 0 Å². The molecule has 0 saturated carbocycles. The molecule has 4 aromatic rings. The van der Waals surface area contributed by atoms with Crippen LogP contribution in [0.5, 0.6) is 0 Å². The maximum atomic E-state index is 13.3. The third-order valence-electron chi connectivity index (χ3n) is 5.71. The van der Waals surface area contributed by atoms with E-state index in [1.54, 1.807) is 4.57 Å². The molecule has 0 N–H and O–H groups in total. The summed E-state index contributed by atoms with van der Waals surface area (Å²) < 4.78 is 2.27. The molecule has 7 heteroatoms. The lowest BCUT2D eigenvalue weighted by Gasteiger charge is -2.18. The summed E-state index contributed by atoms with van der Waals surface area (Å²) in [6.45, 7) is 4.77. The standard InChI is InChI=1S/C24H21N3O2S2/c1-15-7-8-18(13-16(15)2)27-23(29)22-19(10-12-30-22)25-24(27)31-14-21(28)26-11-9-17-5-3-4-6-20(17)26/h3-8,10,12-13H,9,11,14H2,1-2H3. The zero-order chi connectivity index (χ0) is 21.5. The maximum absolute atomic E-state index is 13.3. The first-order valence-corrected chi connectivity index (χ1v) is 12.0. The van der Waals surface area contributed by atoms with Crippen LogP contribution in [-0.2, 0) is 11.2 Å². The van der Waals surface area contributed by atoms with Crippen LogP contribution in [0, 0.1) is 13.8 Å². The number of aryl methyl sites for hydroxylation is 2. The number of rotatable bonds is 4. The molecule has 31 heavy (non-hydrogen) atoms. The Morgan fingerprint density at radius 1 is 1.13 bits per heavy atom. The van der Waals surface area contributed by atoms with Crippen molar-refractivity contribution in [3.63, 3.8) is 0 Å². The predicted molar refractivity (Wildman–Crippen MR) is 128 cm³/mol. The van der Waals surface area contributed by atoms with Crippen LogP contribution < -0.4 is 10.5 Å². The molecule has 0 unspecified atom stereocenters. The van der Waals surface area contributed by atoms with Gasteiger partial charge in [-0.1, -0.05) is 36.0 Å². The van der Waals surface area contributed by atoms with Crippen molar-refractivity contribution < 1.29 is 4.79 Å². The van der Waals surface area contributed by atoms with Crippen LogP contribution >= 0.6 is 23.1 Å². The molecule has 5 rings (SSSR count). The molecule has 0 fully saturated rings. The highest BCUT2D eigenvalue weighted by Crippen LogP contribution is 2.29. The summed E-state index contributed by atoms with van der Waals surface area (Å²) in [6, 6.07) is 15.8. The van der Waals surface area contributed by atoms with Crippen LogP contribution in [0.25, 0.3) is 15.9 Å². The summed E-state index contributed by atoms with van der Waals surface area (Å²) in [6.07, 6.45) is 0.874. The molecule has 156 valence electrons. The number of thioether (sulfide) groups is 1. The van der Waals surface area contributed by atoms with Crippen LogP contribution in [0.15, 0.2) is 63.9 Å². The normalized spacial score (nSPS) is 13.0. The van der Waals surface area contributed by atoms with E-state index in [9.17, 15) is 9.59 Å². The van der Waals surface area contributed by atoms with Crippen molar-refractivity contribution >= 4 is 44.9 Å². The fourth-order valence-corrected chi connectivity index (χ4v) is 5.53. The minimum atomic E-state index is -0.0929. The lowest BCUT2D eigenvalue weighted by molar-refractivity contribution is -0.116. The first kappa shape index (κ1) is 20.0. The Morgan fingerprint density at radius 3 is 2.81 bits per heavy atom. The molecule has 1 aliphatic heterocycles. The van der Waals surface area contributed by atoms with Gasteiger partial charge in [0.2, 0.25) is 5.91 Å². The van der Waals surface area contributed by atoms with Gasteiger partial charge in [-0.15, -0.1) is 11.3 Å². The van der Waals surface area contributed by atoms with Gasteiger partial charge in [0.25, 0.3) is 5.56 Å². The number of fused-ring (bicyclic) bond motifs is 2. The van der Waals surface area contributed by atoms with E-state index >= 15 is 0 Å². The van der Waals surface area contributed by atoms with Gasteiger partial charge < -0.3 is 4.90 Å². The lowest BCUT2D eigenvalue weighted by atomic mass is 10.1. The molecule has 0 saturated heterocycles. The summed E-state index contributed by atoms with van der Waals surface area (Å²) in [5, 5.41) is 2.42. The number of benzene rings is 2. The van der Waals surface area contributed by atoms with Gasteiger partial charge in [0.1, 0.15) is 4.70 Å². The van der Waals surface area contributed by atoms with Gasteiger partial charge in [-0.3, -0.25) is 14.2 Å². The van der Waals surface area contributed by atoms with Crippen LogP contribution in [0.2, 0.25) is 0 Å². The van der Waals surface area contributed by atoms with Gasteiger partial charge >= 0.3 is 0 Å². The number of hydrogen-bond acceptors (Lipinski definition) is 5. The second kappa shape index (κ2) is 7.98. The van der Waals surface area contributed by atoms with Crippen molar-refractivity contribution in [1.82, 2.24) is 9.55 Å². The van der Waals surface area contributed by atoms with Gasteiger partial charge in [-0.2, -0.15) is 0 Å². The van der Waals surface area contributed by atoms with E-state index in [4.69, 9.17) is 4.98 Å². The van der Waals surface area contributed by atoms with Gasteiger partial charge in [0, 0.05) is 12.2 Å². The van der Waals surface area contributed by atoms with Crippen molar-refractivity contribution in [2.45, 2.75) is 25.4 Å². The highest BCUT2D eigenvalue weighted by Gasteiger charge is 2.25. The molecule has 0 spiro atoms. The van der Waals surface area contributed by atoms with E-state index in [0.717, 1.165) is 23.4 Å². The zero-order valence-electron chi connectivity index (χ0n) is 17.3. The quantitative estimate of drug-likeness (QED) is 0.335. The number of anilines is 1. The Balaban J connectivity index is 1.50. The summed E-state index contributed by atoms with van der Waals surface area (Å²) in [5.74, 6) is 0.252. The van der Waals surface area contributed by atoms with Crippen molar-refractivity contribution in [2.24, 2.45) is 0 Å². The Labute approximate surface area is 188 Å². The molecule has 0 aliphatic carbocycles. The molecular weight excluding hydrogens is 426 g/mol. The second-order valence-corrected chi connectivity index (χ2v) is 9.51. The van der Waals surface area contributed by atoms with Crippen LogP contribution in [0.4, 0.5) is 5.69 Å². The second-order valence-electron chi connectivity index (χ2n) is 7.65. The van der Waals surface area contributed by atoms with Crippen molar-refractivity contribution in [3.8, 4) is 5.69 Å². The molecule has 2 aromatic carbocycles. The Bertz CT molecular complexity index is 1370. The smallest absolute Gasteiger partial charge is 0.276 e. The van der Waals surface area contributed by atoms with E-state index in [2.05, 4.69) is 6.07 Å². The van der Waals surface area contributed by atoms with Crippen LogP contribution in [0.3, 0.4) is 0 Å². The minimum absolute atomic E-state index is 0.0289. The first-order chi connectivity index (χ1) is 15.0. The monoisotopic (exact) mass is 447 g/mol. The molecule has 2 aromatic heterocycles. The molecule has 5 nitrogen and oxygen atoms in total. The number of para-hydroxylation sites is 1. The Kier molecular flexibility index (Phi) is 5.16. The zero-order valence-corrected chi connectivity index (χ0v) is 18.9. The highest BCUT2D eigenvalue weighted by atomic mass is 32.2.